The average Bonchev–Trinajstić information content (AvgIpc) is 3.02. The molecule has 2 aromatic rings. The number of amides is 1. The minimum atomic E-state index is -0.430. The number of phenols is 1. The van der Waals surface area contributed by atoms with Crippen molar-refractivity contribution in [2.75, 3.05) is 33.7 Å². The number of cyclic esters (lactones) is 1. The normalized spacial score (nSPS) is 20.6. The molecule has 2 saturated heterocycles. The Hall–Kier alpha value is -2.86. The SMILES string of the molecule is CN(C)CC1CC2(CCN(C(=O)c3ccc(-c4ccc(O)cc4)cc3)CC2)C(=O)O1. The van der Waals surface area contributed by atoms with Gasteiger partial charge in [0.15, 0.2) is 0 Å². The first kappa shape index (κ1) is 20.4. The summed E-state index contributed by atoms with van der Waals surface area (Å²) in [6.07, 6.45) is 2.01. The van der Waals surface area contributed by atoms with Crippen LogP contribution >= 0.6 is 0 Å². The molecule has 2 heterocycles. The number of benzene rings is 2. The van der Waals surface area contributed by atoms with Crippen molar-refractivity contribution in [1.29, 1.82) is 0 Å². The van der Waals surface area contributed by atoms with Gasteiger partial charge in [0.25, 0.3) is 5.91 Å². The molecule has 1 atom stereocenters. The number of ether oxygens (including phenoxy) is 1. The fourth-order valence-electron chi connectivity index (χ4n) is 4.53. The molecule has 0 radical (unpaired) electrons. The average molecular weight is 408 g/mol. The molecule has 2 aliphatic heterocycles. The van der Waals surface area contributed by atoms with Crippen LogP contribution in [0, 0.1) is 5.41 Å². The monoisotopic (exact) mass is 408 g/mol. The second-order valence-corrected chi connectivity index (χ2v) is 8.69. The van der Waals surface area contributed by atoms with Gasteiger partial charge in [0.05, 0.1) is 5.41 Å². The molecule has 6 nitrogen and oxygen atoms in total. The van der Waals surface area contributed by atoms with Crippen molar-refractivity contribution in [1.82, 2.24) is 9.80 Å². The standard InChI is InChI=1S/C24H28N2O4/c1-25(2)16-21-15-24(23(29)30-21)11-13-26(14-12-24)22(28)19-5-3-17(4-6-19)18-7-9-20(27)10-8-18/h3-10,21,27H,11-16H2,1-2H3. The molecular weight excluding hydrogens is 380 g/mol. The third-order valence-electron chi connectivity index (χ3n) is 6.23. The van der Waals surface area contributed by atoms with Crippen molar-refractivity contribution in [3.63, 3.8) is 0 Å². The van der Waals surface area contributed by atoms with Crippen molar-refractivity contribution in [2.24, 2.45) is 5.41 Å². The molecule has 0 aliphatic carbocycles. The number of carbonyl (C=O) groups excluding carboxylic acids is 2. The molecule has 1 amide bonds. The maximum Gasteiger partial charge on any atom is 0.312 e. The van der Waals surface area contributed by atoms with Crippen molar-refractivity contribution in [3.8, 4) is 16.9 Å². The van der Waals surface area contributed by atoms with Gasteiger partial charge in [-0.15, -0.1) is 0 Å². The third-order valence-corrected chi connectivity index (χ3v) is 6.23. The third kappa shape index (κ3) is 4.05. The molecule has 1 spiro atoms. The molecule has 0 bridgehead atoms. The fraction of sp³-hybridized carbons (Fsp3) is 0.417. The molecule has 4 rings (SSSR count). The van der Waals surface area contributed by atoms with E-state index in [4.69, 9.17) is 4.74 Å². The van der Waals surface area contributed by atoms with Gasteiger partial charge >= 0.3 is 5.97 Å². The molecule has 0 aromatic heterocycles. The van der Waals surface area contributed by atoms with Crippen molar-refractivity contribution in [2.45, 2.75) is 25.4 Å². The van der Waals surface area contributed by atoms with Crippen LogP contribution < -0.4 is 0 Å². The van der Waals surface area contributed by atoms with E-state index < -0.39 is 5.41 Å². The number of likely N-dealkylation sites (N-methyl/N-ethyl adjacent to an activating group) is 1. The highest BCUT2D eigenvalue weighted by Crippen LogP contribution is 2.43. The number of piperidine rings is 1. The maximum absolute atomic E-state index is 13.0. The lowest BCUT2D eigenvalue weighted by Gasteiger charge is -2.36. The van der Waals surface area contributed by atoms with Crippen LogP contribution in [0.25, 0.3) is 11.1 Å². The summed E-state index contributed by atoms with van der Waals surface area (Å²) in [5.74, 6) is 0.130. The van der Waals surface area contributed by atoms with E-state index >= 15 is 0 Å². The molecular formula is C24H28N2O4. The number of esters is 1. The van der Waals surface area contributed by atoms with Crippen LogP contribution in [0.4, 0.5) is 0 Å². The van der Waals surface area contributed by atoms with Gasteiger partial charge in [0.1, 0.15) is 11.9 Å². The van der Waals surface area contributed by atoms with Gasteiger partial charge in [0, 0.05) is 31.6 Å². The van der Waals surface area contributed by atoms with E-state index in [1.807, 2.05) is 60.3 Å². The Morgan fingerprint density at radius 3 is 2.20 bits per heavy atom. The molecule has 0 saturated carbocycles. The number of phenolic OH excluding ortho intramolecular Hbond substituents is 1. The zero-order valence-corrected chi connectivity index (χ0v) is 17.5. The van der Waals surface area contributed by atoms with Gasteiger partial charge < -0.3 is 19.6 Å². The first-order chi connectivity index (χ1) is 14.4. The summed E-state index contributed by atoms with van der Waals surface area (Å²) < 4.78 is 5.61. The lowest BCUT2D eigenvalue weighted by Crippen LogP contribution is -2.45. The van der Waals surface area contributed by atoms with Crippen LogP contribution in [0.15, 0.2) is 48.5 Å². The predicted molar refractivity (Wildman–Crippen MR) is 114 cm³/mol. The van der Waals surface area contributed by atoms with Crippen molar-refractivity contribution in [3.05, 3.63) is 54.1 Å². The molecule has 2 aromatic carbocycles. The minimum absolute atomic E-state index is 0.00156. The summed E-state index contributed by atoms with van der Waals surface area (Å²) in [7, 11) is 3.96. The van der Waals surface area contributed by atoms with Crippen LogP contribution in [0.2, 0.25) is 0 Å². The lowest BCUT2D eigenvalue weighted by molar-refractivity contribution is -0.150. The van der Waals surface area contributed by atoms with E-state index in [0.717, 1.165) is 24.1 Å². The van der Waals surface area contributed by atoms with Gasteiger partial charge in [-0.3, -0.25) is 9.59 Å². The smallest absolute Gasteiger partial charge is 0.312 e. The zero-order valence-electron chi connectivity index (χ0n) is 17.5. The molecule has 158 valence electrons. The number of hydrogen-bond acceptors (Lipinski definition) is 5. The first-order valence-corrected chi connectivity index (χ1v) is 10.4. The molecule has 30 heavy (non-hydrogen) atoms. The van der Waals surface area contributed by atoms with Gasteiger partial charge in [-0.2, -0.15) is 0 Å². The Bertz CT molecular complexity index is 913. The highest BCUT2D eigenvalue weighted by molar-refractivity contribution is 5.95. The Labute approximate surface area is 177 Å². The Morgan fingerprint density at radius 2 is 1.63 bits per heavy atom. The van der Waals surface area contributed by atoms with E-state index in [-0.39, 0.29) is 23.7 Å². The quantitative estimate of drug-likeness (QED) is 0.787. The summed E-state index contributed by atoms with van der Waals surface area (Å²) in [6.45, 7) is 1.88. The number of carbonyl (C=O) groups is 2. The van der Waals surface area contributed by atoms with E-state index in [2.05, 4.69) is 0 Å². The second-order valence-electron chi connectivity index (χ2n) is 8.69. The van der Waals surface area contributed by atoms with Gasteiger partial charge in [-0.1, -0.05) is 24.3 Å². The summed E-state index contributed by atoms with van der Waals surface area (Å²) in [5, 5.41) is 9.43. The largest absolute Gasteiger partial charge is 0.508 e. The molecule has 2 fully saturated rings. The predicted octanol–water partition coefficient (Wildman–Crippen LogP) is 3.16. The number of rotatable bonds is 4. The van der Waals surface area contributed by atoms with Gasteiger partial charge in [-0.25, -0.2) is 0 Å². The van der Waals surface area contributed by atoms with Gasteiger partial charge in [-0.05, 0) is 62.3 Å². The lowest BCUT2D eigenvalue weighted by atomic mass is 9.76. The second kappa shape index (κ2) is 8.11. The molecule has 6 heteroatoms. The molecule has 1 N–H and O–H groups in total. The van der Waals surface area contributed by atoms with Crippen molar-refractivity contribution >= 4 is 11.9 Å². The van der Waals surface area contributed by atoms with Crippen LogP contribution in [0.5, 0.6) is 5.75 Å². The van der Waals surface area contributed by atoms with Crippen LogP contribution in [0.3, 0.4) is 0 Å². The summed E-state index contributed by atoms with van der Waals surface area (Å²) in [6, 6.07) is 14.5. The Morgan fingerprint density at radius 1 is 1.07 bits per heavy atom. The Balaban J connectivity index is 1.39. The highest BCUT2D eigenvalue weighted by atomic mass is 16.6. The van der Waals surface area contributed by atoms with E-state index in [0.29, 0.717) is 31.5 Å². The van der Waals surface area contributed by atoms with Crippen LogP contribution in [-0.4, -0.2) is 66.6 Å². The minimum Gasteiger partial charge on any atom is -0.508 e. The van der Waals surface area contributed by atoms with E-state index in [9.17, 15) is 14.7 Å². The maximum atomic E-state index is 13.0. The summed E-state index contributed by atoms with van der Waals surface area (Å²) >= 11 is 0. The van der Waals surface area contributed by atoms with Gasteiger partial charge in [0.2, 0.25) is 0 Å². The van der Waals surface area contributed by atoms with Crippen LogP contribution in [-0.2, 0) is 9.53 Å². The number of hydrogen-bond donors (Lipinski definition) is 1. The summed E-state index contributed by atoms with van der Waals surface area (Å²) in [4.78, 5) is 29.4. The summed E-state index contributed by atoms with van der Waals surface area (Å²) in [5.41, 5.74) is 2.19. The number of aromatic hydroxyl groups is 1. The first-order valence-electron chi connectivity index (χ1n) is 10.4. The topological polar surface area (TPSA) is 70.1 Å². The number of nitrogens with zero attached hydrogens (tertiary/aromatic N) is 2. The van der Waals surface area contributed by atoms with Crippen LogP contribution in [0.1, 0.15) is 29.6 Å². The zero-order chi connectivity index (χ0) is 21.3. The Kier molecular flexibility index (Phi) is 5.52. The molecule has 1 unspecified atom stereocenters. The molecule has 2 aliphatic rings. The highest BCUT2D eigenvalue weighted by Gasteiger charge is 2.50. The fourth-order valence-corrected chi connectivity index (χ4v) is 4.53. The van der Waals surface area contributed by atoms with E-state index in [1.54, 1.807) is 12.1 Å². The van der Waals surface area contributed by atoms with E-state index in [1.165, 1.54) is 0 Å². The number of likely N-dealkylation sites (tertiary alicyclic amines) is 1. The van der Waals surface area contributed by atoms with Crippen molar-refractivity contribution < 1.29 is 19.4 Å².